The number of sulfonamides is 2. The molecule has 0 radical (unpaired) electrons. The van der Waals surface area contributed by atoms with E-state index in [1.165, 1.54) is 54.6 Å². The van der Waals surface area contributed by atoms with Gasteiger partial charge < -0.3 is 5.32 Å². The van der Waals surface area contributed by atoms with Gasteiger partial charge in [0.2, 0.25) is 5.91 Å². The highest BCUT2D eigenvalue weighted by molar-refractivity contribution is 7.93. The molecule has 12 heteroatoms. The summed E-state index contributed by atoms with van der Waals surface area (Å²) in [5.74, 6) is -0.682. The highest BCUT2D eigenvalue weighted by atomic mass is 35.5. The monoisotopic (exact) mass is 589 g/mol. The molecule has 0 saturated carbocycles. The molecule has 0 aliphatic heterocycles. The minimum atomic E-state index is -4.19. The number of carbonyl (C=O) groups is 1. The third kappa shape index (κ3) is 6.28. The van der Waals surface area contributed by atoms with Crippen LogP contribution in [0.5, 0.6) is 0 Å². The Hall–Kier alpha value is -3.57. The molecule has 196 valence electrons. The Morgan fingerprint density at radius 3 is 1.92 bits per heavy atom. The lowest BCUT2D eigenvalue weighted by Gasteiger charge is -2.25. The van der Waals surface area contributed by atoms with Crippen LogP contribution in [0, 0.1) is 0 Å². The molecule has 0 heterocycles. The van der Waals surface area contributed by atoms with Crippen LogP contribution in [-0.4, -0.2) is 29.3 Å². The van der Waals surface area contributed by atoms with Gasteiger partial charge in [0.15, 0.2) is 0 Å². The Kier molecular flexibility index (Phi) is 8.27. The first-order chi connectivity index (χ1) is 18.1. The molecule has 0 atom stereocenters. The molecule has 0 aromatic heterocycles. The third-order valence-electron chi connectivity index (χ3n) is 5.29. The van der Waals surface area contributed by atoms with Crippen LogP contribution < -0.4 is 14.3 Å². The van der Waals surface area contributed by atoms with E-state index in [0.717, 1.165) is 4.31 Å². The molecule has 0 unspecified atom stereocenters. The summed E-state index contributed by atoms with van der Waals surface area (Å²) in [4.78, 5) is 12.9. The number of nitrogens with zero attached hydrogens (tertiary/aromatic N) is 1. The summed E-state index contributed by atoms with van der Waals surface area (Å²) in [6, 6.07) is 25.9. The fourth-order valence-corrected chi connectivity index (χ4v) is 6.43. The predicted octanol–water partition coefficient (Wildman–Crippen LogP) is 5.63. The fourth-order valence-electron chi connectivity index (χ4n) is 3.47. The Balaban J connectivity index is 1.56. The van der Waals surface area contributed by atoms with E-state index in [9.17, 15) is 21.6 Å². The van der Waals surface area contributed by atoms with E-state index < -0.39 is 32.5 Å². The lowest BCUT2D eigenvalue weighted by Crippen LogP contribution is -2.38. The first-order valence-corrected chi connectivity index (χ1v) is 14.8. The molecule has 0 fully saturated rings. The molecule has 0 saturated heterocycles. The second kappa shape index (κ2) is 11.4. The fraction of sp³-hybridized carbons (Fsp3) is 0.0385. The average Bonchev–Trinajstić information content (AvgIpc) is 2.90. The maximum atomic E-state index is 13.5. The number of benzene rings is 4. The molecule has 0 aliphatic rings. The lowest BCUT2D eigenvalue weighted by atomic mass is 10.3. The van der Waals surface area contributed by atoms with E-state index in [4.69, 9.17) is 23.2 Å². The summed E-state index contributed by atoms with van der Waals surface area (Å²) in [6.07, 6.45) is 0. The average molecular weight is 591 g/mol. The van der Waals surface area contributed by atoms with Crippen molar-refractivity contribution in [1.82, 2.24) is 0 Å². The zero-order valence-electron chi connectivity index (χ0n) is 19.6. The molecule has 38 heavy (non-hydrogen) atoms. The SMILES string of the molecule is O=C(CN(c1cccc(Cl)c1Cl)S(=O)(=O)c1ccccc1)Nc1ccc(S(=O)(=O)Nc2ccccc2)cc1. The summed E-state index contributed by atoms with van der Waals surface area (Å²) in [6.45, 7) is -0.618. The summed E-state index contributed by atoms with van der Waals surface area (Å²) < 4.78 is 55.6. The van der Waals surface area contributed by atoms with Crippen molar-refractivity contribution in [1.29, 1.82) is 0 Å². The Bertz CT molecular complexity index is 1650. The Labute approximate surface area is 230 Å². The van der Waals surface area contributed by atoms with Crippen LogP contribution >= 0.6 is 23.2 Å². The van der Waals surface area contributed by atoms with Crippen molar-refractivity contribution in [2.45, 2.75) is 9.79 Å². The predicted molar refractivity (Wildman–Crippen MR) is 150 cm³/mol. The summed E-state index contributed by atoms with van der Waals surface area (Å²) >= 11 is 12.4. The molecule has 0 spiro atoms. The van der Waals surface area contributed by atoms with Gasteiger partial charge in [-0.05, 0) is 60.7 Å². The number of hydrogen-bond donors (Lipinski definition) is 2. The molecule has 4 aromatic rings. The van der Waals surface area contributed by atoms with Crippen molar-refractivity contribution in [3.8, 4) is 0 Å². The van der Waals surface area contributed by atoms with Crippen LogP contribution in [0.3, 0.4) is 0 Å². The second-order valence-electron chi connectivity index (χ2n) is 7.94. The maximum absolute atomic E-state index is 13.5. The van der Waals surface area contributed by atoms with Crippen LogP contribution in [0.2, 0.25) is 10.0 Å². The first-order valence-electron chi connectivity index (χ1n) is 11.1. The van der Waals surface area contributed by atoms with Gasteiger partial charge in [-0.1, -0.05) is 65.7 Å². The first kappa shape index (κ1) is 27.5. The number of hydrogen-bond acceptors (Lipinski definition) is 5. The van der Waals surface area contributed by atoms with Crippen molar-refractivity contribution in [2.75, 3.05) is 20.9 Å². The van der Waals surface area contributed by atoms with Crippen LogP contribution in [0.25, 0.3) is 0 Å². The highest BCUT2D eigenvalue weighted by Gasteiger charge is 2.29. The van der Waals surface area contributed by atoms with Gasteiger partial charge in [0.25, 0.3) is 20.0 Å². The molecular formula is C26H21Cl2N3O5S2. The molecule has 1 amide bonds. The molecular weight excluding hydrogens is 569 g/mol. The summed E-state index contributed by atoms with van der Waals surface area (Å²) in [5.41, 5.74) is 0.707. The van der Waals surface area contributed by atoms with E-state index in [1.54, 1.807) is 48.5 Å². The summed E-state index contributed by atoms with van der Waals surface area (Å²) in [5, 5.41) is 2.69. The molecule has 2 N–H and O–H groups in total. The number of nitrogens with one attached hydrogen (secondary N) is 2. The van der Waals surface area contributed by atoms with Crippen molar-refractivity contribution in [3.63, 3.8) is 0 Å². The quantitative estimate of drug-likeness (QED) is 0.263. The number of para-hydroxylation sites is 1. The minimum absolute atomic E-state index is 0.0154. The zero-order chi connectivity index (χ0) is 27.3. The van der Waals surface area contributed by atoms with E-state index in [0.29, 0.717) is 5.69 Å². The number of halogens is 2. The second-order valence-corrected chi connectivity index (χ2v) is 12.3. The zero-order valence-corrected chi connectivity index (χ0v) is 22.7. The van der Waals surface area contributed by atoms with E-state index in [2.05, 4.69) is 10.0 Å². The smallest absolute Gasteiger partial charge is 0.264 e. The van der Waals surface area contributed by atoms with Crippen molar-refractivity contribution < 1.29 is 21.6 Å². The molecule has 4 rings (SSSR count). The standard InChI is InChI=1S/C26H21Cl2N3O5S2/c27-23-12-7-13-24(26(23)28)31(38(35,36)22-10-5-2-6-11-22)18-25(32)29-19-14-16-21(17-15-19)37(33,34)30-20-8-3-1-4-9-20/h1-17,30H,18H2,(H,29,32). The van der Waals surface area contributed by atoms with Gasteiger partial charge in [-0.3, -0.25) is 13.8 Å². The van der Waals surface area contributed by atoms with Gasteiger partial charge in [-0.15, -0.1) is 0 Å². The summed E-state index contributed by atoms with van der Waals surface area (Å²) in [7, 11) is -8.04. The van der Waals surface area contributed by atoms with E-state index >= 15 is 0 Å². The van der Waals surface area contributed by atoms with Gasteiger partial charge in [0.05, 0.1) is 25.5 Å². The molecule has 8 nitrogen and oxygen atoms in total. The van der Waals surface area contributed by atoms with Crippen molar-refractivity contribution in [3.05, 3.63) is 113 Å². The van der Waals surface area contributed by atoms with E-state index in [-0.39, 0.29) is 31.2 Å². The molecule has 4 aromatic carbocycles. The number of amides is 1. The molecule has 0 aliphatic carbocycles. The largest absolute Gasteiger partial charge is 0.325 e. The highest BCUT2D eigenvalue weighted by Crippen LogP contribution is 2.35. The number of carbonyl (C=O) groups excluding carboxylic acids is 1. The number of anilines is 3. The normalized spacial score (nSPS) is 11.5. The van der Waals surface area contributed by atoms with Gasteiger partial charge in [0, 0.05) is 11.4 Å². The van der Waals surface area contributed by atoms with Crippen LogP contribution in [0.1, 0.15) is 0 Å². The van der Waals surface area contributed by atoms with Gasteiger partial charge in [-0.2, -0.15) is 0 Å². The third-order valence-corrected chi connectivity index (χ3v) is 9.27. The Morgan fingerprint density at radius 2 is 1.29 bits per heavy atom. The Morgan fingerprint density at radius 1 is 0.684 bits per heavy atom. The minimum Gasteiger partial charge on any atom is -0.325 e. The van der Waals surface area contributed by atoms with Gasteiger partial charge >= 0.3 is 0 Å². The van der Waals surface area contributed by atoms with Gasteiger partial charge in [0.1, 0.15) is 6.54 Å². The number of rotatable bonds is 9. The van der Waals surface area contributed by atoms with E-state index in [1.807, 2.05) is 0 Å². The van der Waals surface area contributed by atoms with Crippen LogP contribution in [0.4, 0.5) is 17.1 Å². The lowest BCUT2D eigenvalue weighted by molar-refractivity contribution is -0.114. The van der Waals surface area contributed by atoms with Crippen LogP contribution in [0.15, 0.2) is 113 Å². The van der Waals surface area contributed by atoms with Crippen LogP contribution in [-0.2, 0) is 24.8 Å². The van der Waals surface area contributed by atoms with Gasteiger partial charge in [-0.25, -0.2) is 16.8 Å². The van der Waals surface area contributed by atoms with Crippen molar-refractivity contribution >= 4 is 66.2 Å². The topological polar surface area (TPSA) is 113 Å². The maximum Gasteiger partial charge on any atom is 0.264 e. The molecule has 0 bridgehead atoms. The van der Waals surface area contributed by atoms with Crippen molar-refractivity contribution in [2.24, 2.45) is 0 Å².